The van der Waals surface area contributed by atoms with E-state index in [1.807, 2.05) is 30.3 Å². The van der Waals surface area contributed by atoms with E-state index in [9.17, 15) is 13.2 Å². The average Bonchev–Trinajstić information content (AvgIpc) is 2.80. The Morgan fingerprint density at radius 1 is 1.33 bits per heavy atom. The highest BCUT2D eigenvalue weighted by Gasteiger charge is 2.35. The van der Waals surface area contributed by atoms with E-state index in [4.69, 9.17) is 18.0 Å². The number of hydrogen-bond acceptors (Lipinski definition) is 4. The molecule has 0 spiro atoms. The highest BCUT2D eigenvalue weighted by molar-refractivity contribution is 7.91. The summed E-state index contributed by atoms with van der Waals surface area (Å²) in [4.78, 5) is 14.5. The molecule has 114 valence electrons. The maximum absolute atomic E-state index is 12.6. The molecule has 5 nitrogen and oxygen atoms in total. The molecule has 7 heteroatoms. The second-order valence-corrected chi connectivity index (χ2v) is 7.89. The molecule has 1 amide bonds. The Bertz CT molecular complexity index is 629. The summed E-state index contributed by atoms with van der Waals surface area (Å²) in [7, 11) is -3.09. The highest BCUT2D eigenvalue weighted by Crippen LogP contribution is 2.24. The molecule has 1 aromatic rings. The summed E-state index contributed by atoms with van der Waals surface area (Å²) >= 11 is 4.87. The largest absolute Gasteiger partial charge is 0.393 e. The van der Waals surface area contributed by atoms with E-state index < -0.39 is 15.8 Å². The van der Waals surface area contributed by atoms with Gasteiger partial charge in [-0.15, -0.1) is 0 Å². The fraction of sp³-hybridized carbons (Fsp3) is 0.429. The average molecular weight is 326 g/mol. The van der Waals surface area contributed by atoms with Crippen LogP contribution in [0.5, 0.6) is 0 Å². The van der Waals surface area contributed by atoms with Gasteiger partial charge < -0.3 is 10.6 Å². The molecule has 1 atom stereocenters. The molecular weight excluding hydrogens is 308 g/mol. The number of carbonyl (C=O) groups excluding carboxylic acids is 1. The van der Waals surface area contributed by atoms with Gasteiger partial charge in [-0.1, -0.05) is 30.4 Å². The molecule has 21 heavy (non-hydrogen) atoms. The van der Waals surface area contributed by atoms with E-state index in [-0.39, 0.29) is 17.4 Å². The zero-order valence-electron chi connectivity index (χ0n) is 11.6. The summed E-state index contributed by atoms with van der Waals surface area (Å²) in [5.41, 5.74) is 6.25. The van der Waals surface area contributed by atoms with Crippen LogP contribution in [0.3, 0.4) is 0 Å². The van der Waals surface area contributed by atoms with Crippen molar-refractivity contribution in [3.05, 3.63) is 30.3 Å². The summed E-state index contributed by atoms with van der Waals surface area (Å²) in [5, 5.41) is 0. The number of nitrogens with two attached hydrogens (primary N) is 1. The number of sulfone groups is 1. The zero-order chi connectivity index (χ0) is 15.5. The van der Waals surface area contributed by atoms with Crippen LogP contribution in [-0.2, 0) is 14.6 Å². The Hall–Kier alpha value is -1.47. The molecule has 1 unspecified atom stereocenters. The van der Waals surface area contributed by atoms with Crippen LogP contribution in [0, 0.1) is 5.92 Å². The van der Waals surface area contributed by atoms with Crippen LogP contribution in [0.1, 0.15) is 12.8 Å². The number of rotatable bonds is 5. The first kappa shape index (κ1) is 15.9. The Labute approximate surface area is 130 Å². The minimum Gasteiger partial charge on any atom is -0.393 e. The predicted octanol–water partition coefficient (Wildman–Crippen LogP) is 1.13. The minimum absolute atomic E-state index is 0.0672. The monoisotopic (exact) mass is 326 g/mol. The van der Waals surface area contributed by atoms with Crippen LogP contribution in [0.25, 0.3) is 0 Å². The van der Waals surface area contributed by atoms with Crippen LogP contribution >= 0.6 is 12.2 Å². The number of amides is 1. The van der Waals surface area contributed by atoms with E-state index >= 15 is 0 Å². The van der Waals surface area contributed by atoms with Crippen molar-refractivity contribution >= 4 is 38.6 Å². The van der Waals surface area contributed by atoms with Crippen LogP contribution < -0.4 is 10.6 Å². The van der Waals surface area contributed by atoms with Crippen molar-refractivity contribution in [3.63, 3.8) is 0 Å². The number of thiocarbonyl (C=S) groups is 1. The third-order valence-corrected chi connectivity index (χ3v) is 5.47. The number of para-hydroxylation sites is 1. The van der Waals surface area contributed by atoms with Gasteiger partial charge in [0.15, 0.2) is 9.84 Å². The van der Waals surface area contributed by atoms with E-state index in [1.54, 1.807) is 4.90 Å². The maximum Gasteiger partial charge on any atom is 0.231 e. The normalized spacial score (nSPS) is 20.1. The van der Waals surface area contributed by atoms with Crippen molar-refractivity contribution in [3.8, 4) is 0 Å². The standard InChI is InChI=1S/C14H18N2O3S2/c15-13(20)6-8-16(12-4-2-1-3-5-12)14(17)11-7-9-21(18,19)10-11/h1-5,11H,6-10H2,(H2,15,20). The van der Waals surface area contributed by atoms with Crippen molar-refractivity contribution in [2.24, 2.45) is 11.7 Å². The predicted molar refractivity (Wildman–Crippen MR) is 87.0 cm³/mol. The van der Waals surface area contributed by atoms with E-state index in [2.05, 4.69) is 0 Å². The molecular formula is C14H18N2O3S2. The number of benzene rings is 1. The van der Waals surface area contributed by atoms with Crippen molar-refractivity contribution in [2.45, 2.75) is 12.8 Å². The molecule has 1 aliphatic rings. The van der Waals surface area contributed by atoms with Crippen molar-refractivity contribution in [1.82, 2.24) is 0 Å². The lowest BCUT2D eigenvalue weighted by atomic mass is 10.1. The van der Waals surface area contributed by atoms with Gasteiger partial charge in [-0.25, -0.2) is 8.42 Å². The molecule has 0 aromatic heterocycles. The molecule has 0 saturated carbocycles. The van der Waals surface area contributed by atoms with Gasteiger partial charge in [-0.3, -0.25) is 4.79 Å². The SMILES string of the molecule is NC(=S)CCN(C(=O)C1CCS(=O)(=O)C1)c1ccccc1. The molecule has 0 radical (unpaired) electrons. The number of hydrogen-bond donors (Lipinski definition) is 1. The van der Waals surface area contributed by atoms with Gasteiger partial charge in [0.25, 0.3) is 0 Å². The maximum atomic E-state index is 12.6. The third kappa shape index (κ3) is 4.25. The van der Waals surface area contributed by atoms with Gasteiger partial charge in [0.05, 0.1) is 22.4 Å². The van der Waals surface area contributed by atoms with Crippen molar-refractivity contribution < 1.29 is 13.2 Å². The Kier molecular flexibility index (Phi) is 4.95. The first-order chi connectivity index (χ1) is 9.89. The minimum atomic E-state index is -3.09. The Balaban J connectivity index is 2.19. The first-order valence-electron chi connectivity index (χ1n) is 6.74. The first-order valence-corrected chi connectivity index (χ1v) is 8.97. The van der Waals surface area contributed by atoms with Crippen molar-refractivity contribution in [1.29, 1.82) is 0 Å². The van der Waals surface area contributed by atoms with E-state index in [0.717, 1.165) is 5.69 Å². The lowest BCUT2D eigenvalue weighted by Gasteiger charge is -2.25. The van der Waals surface area contributed by atoms with Gasteiger partial charge in [0.1, 0.15) is 0 Å². The van der Waals surface area contributed by atoms with Gasteiger partial charge in [0, 0.05) is 18.7 Å². The molecule has 1 aliphatic heterocycles. The second kappa shape index (κ2) is 6.53. The Morgan fingerprint density at radius 3 is 2.52 bits per heavy atom. The number of carbonyl (C=O) groups is 1. The zero-order valence-corrected chi connectivity index (χ0v) is 13.2. The van der Waals surface area contributed by atoms with Crippen LogP contribution in [0.4, 0.5) is 5.69 Å². The lowest BCUT2D eigenvalue weighted by Crippen LogP contribution is -2.38. The van der Waals surface area contributed by atoms with Gasteiger partial charge >= 0.3 is 0 Å². The Morgan fingerprint density at radius 2 is 2.00 bits per heavy atom. The summed E-state index contributed by atoms with van der Waals surface area (Å²) in [6.45, 7) is 0.370. The van der Waals surface area contributed by atoms with Crippen LogP contribution in [-0.4, -0.2) is 37.4 Å². The third-order valence-electron chi connectivity index (χ3n) is 3.50. The summed E-state index contributed by atoms with van der Waals surface area (Å²) in [6, 6.07) is 9.17. The summed E-state index contributed by atoms with van der Waals surface area (Å²) < 4.78 is 23.1. The van der Waals surface area contributed by atoms with Crippen molar-refractivity contribution in [2.75, 3.05) is 23.0 Å². The van der Waals surface area contributed by atoms with Crippen LogP contribution in [0.2, 0.25) is 0 Å². The molecule has 0 aliphatic carbocycles. The number of nitrogens with zero attached hydrogens (tertiary/aromatic N) is 1. The molecule has 1 fully saturated rings. The van der Waals surface area contributed by atoms with Gasteiger partial charge in [-0.2, -0.15) is 0 Å². The molecule has 0 bridgehead atoms. The topological polar surface area (TPSA) is 80.5 Å². The number of anilines is 1. The van der Waals surface area contributed by atoms with Gasteiger partial charge in [-0.05, 0) is 18.6 Å². The fourth-order valence-corrected chi connectivity index (χ4v) is 4.23. The van der Waals surface area contributed by atoms with Gasteiger partial charge in [0.2, 0.25) is 5.91 Å². The fourth-order valence-electron chi connectivity index (χ4n) is 2.41. The smallest absolute Gasteiger partial charge is 0.231 e. The molecule has 1 heterocycles. The highest BCUT2D eigenvalue weighted by atomic mass is 32.2. The summed E-state index contributed by atoms with van der Waals surface area (Å²) in [6.07, 6.45) is 0.799. The summed E-state index contributed by atoms with van der Waals surface area (Å²) in [5.74, 6) is -0.621. The van der Waals surface area contributed by atoms with Crippen LogP contribution in [0.15, 0.2) is 30.3 Å². The van der Waals surface area contributed by atoms with E-state index in [0.29, 0.717) is 24.4 Å². The quantitative estimate of drug-likeness (QED) is 0.821. The molecule has 2 rings (SSSR count). The molecule has 1 saturated heterocycles. The lowest BCUT2D eigenvalue weighted by molar-refractivity contribution is -0.121. The molecule has 2 N–H and O–H groups in total. The molecule has 1 aromatic carbocycles. The van der Waals surface area contributed by atoms with E-state index in [1.165, 1.54) is 0 Å². The second-order valence-electron chi connectivity index (χ2n) is 5.14.